The van der Waals surface area contributed by atoms with Crippen molar-refractivity contribution >= 4 is 15.7 Å². The Morgan fingerprint density at radius 2 is 2.05 bits per heavy atom. The van der Waals surface area contributed by atoms with E-state index in [1.54, 1.807) is 0 Å². The second kappa shape index (κ2) is 5.07. The minimum atomic E-state index is -3.67. The zero-order chi connectivity index (χ0) is 14.2. The van der Waals surface area contributed by atoms with E-state index < -0.39 is 15.8 Å². The van der Waals surface area contributed by atoms with E-state index in [0.29, 0.717) is 19.6 Å². The van der Waals surface area contributed by atoms with Gasteiger partial charge in [0.15, 0.2) is 0 Å². The summed E-state index contributed by atoms with van der Waals surface area (Å²) >= 11 is 0. The molecule has 1 heterocycles. The zero-order valence-electron chi connectivity index (χ0n) is 11.0. The number of anilines is 1. The largest absolute Gasteiger partial charge is 0.398 e. The minimum Gasteiger partial charge on any atom is -0.398 e. The molecular formula is C12H18FN3O2S. The van der Waals surface area contributed by atoms with Crippen molar-refractivity contribution in [2.75, 3.05) is 32.4 Å². The van der Waals surface area contributed by atoms with Gasteiger partial charge in [0.05, 0.1) is 5.69 Å². The highest BCUT2D eigenvalue weighted by atomic mass is 32.2. The molecular weight excluding hydrogens is 269 g/mol. The highest BCUT2D eigenvalue weighted by Crippen LogP contribution is 2.26. The van der Waals surface area contributed by atoms with Gasteiger partial charge >= 0.3 is 0 Å². The van der Waals surface area contributed by atoms with Crippen LogP contribution in [-0.2, 0) is 10.0 Å². The van der Waals surface area contributed by atoms with E-state index in [0.717, 1.165) is 12.1 Å². The third-order valence-corrected chi connectivity index (χ3v) is 5.42. The average molecular weight is 287 g/mol. The maximum Gasteiger partial charge on any atom is 0.245 e. The molecule has 1 aromatic carbocycles. The van der Waals surface area contributed by atoms with Crippen molar-refractivity contribution in [2.45, 2.75) is 17.9 Å². The fraction of sp³-hybridized carbons (Fsp3) is 0.500. The fourth-order valence-corrected chi connectivity index (χ4v) is 4.07. The molecule has 0 radical (unpaired) electrons. The average Bonchev–Trinajstić information content (AvgIpc) is 2.27. The van der Waals surface area contributed by atoms with Crippen molar-refractivity contribution in [1.82, 2.24) is 9.21 Å². The first kappa shape index (κ1) is 14.2. The molecule has 106 valence electrons. The van der Waals surface area contributed by atoms with Crippen LogP contribution in [0.4, 0.5) is 10.1 Å². The van der Waals surface area contributed by atoms with Crippen LogP contribution in [0.25, 0.3) is 0 Å². The smallest absolute Gasteiger partial charge is 0.245 e. The summed E-state index contributed by atoms with van der Waals surface area (Å²) in [6.45, 7) is 3.61. The number of sulfonamides is 1. The maximum absolute atomic E-state index is 13.0. The van der Waals surface area contributed by atoms with Crippen LogP contribution in [0.3, 0.4) is 0 Å². The predicted octanol–water partition coefficient (Wildman–Crippen LogP) is 0.732. The lowest BCUT2D eigenvalue weighted by molar-refractivity contribution is 0.170. The van der Waals surface area contributed by atoms with Crippen LogP contribution in [0.1, 0.15) is 6.92 Å². The molecule has 1 aliphatic rings. The SMILES string of the molecule is CC1CN(C)CCN1S(=O)(=O)c1ccc(F)cc1N. The second-order valence-corrected chi connectivity index (χ2v) is 6.77. The number of nitrogen functional groups attached to an aromatic ring is 1. The molecule has 0 bridgehead atoms. The molecule has 19 heavy (non-hydrogen) atoms. The molecule has 1 fully saturated rings. The van der Waals surface area contributed by atoms with Crippen LogP contribution in [0, 0.1) is 5.82 Å². The standard InChI is InChI=1S/C12H18FN3O2S/c1-9-8-15(2)5-6-16(9)19(17,18)12-4-3-10(13)7-11(12)14/h3-4,7,9H,5-6,8,14H2,1-2H3. The van der Waals surface area contributed by atoms with Crippen molar-refractivity contribution < 1.29 is 12.8 Å². The van der Waals surface area contributed by atoms with Crippen LogP contribution in [-0.4, -0.2) is 50.3 Å². The minimum absolute atomic E-state index is 0.0229. The topological polar surface area (TPSA) is 66.6 Å². The van der Waals surface area contributed by atoms with Crippen LogP contribution >= 0.6 is 0 Å². The number of piperazine rings is 1. The Morgan fingerprint density at radius 1 is 1.37 bits per heavy atom. The summed E-state index contributed by atoms with van der Waals surface area (Å²) in [6, 6.07) is 3.25. The van der Waals surface area contributed by atoms with E-state index >= 15 is 0 Å². The highest BCUT2D eigenvalue weighted by Gasteiger charge is 2.33. The highest BCUT2D eigenvalue weighted by molar-refractivity contribution is 7.89. The number of halogens is 1. The zero-order valence-corrected chi connectivity index (χ0v) is 11.8. The Hall–Kier alpha value is -1.18. The molecule has 1 atom stereocenters. The van der Waals surface area contributed by atoms with Crippen LogP contribution in [0.15, 0.2) is 23.1 Å². The lowest BCUT2D eigenvalue weighted by Gasteiger charge is -2.37. The first-order chi connectivity index (χ1) is 8.82. The monoisotopic (exact) mass is 287 g/mol. The molecule has 1 aliphatic heterocycles. The Balaban J connectivity index is 2.37. The molecule has 0 saturated carbocycles. The molecule has 1 saturated heterocycles. The molecule has 2 rings (SSSR count). The number of hydrogen-bond donors (Lipinski definition) is 1. The van der Waals surface area contributed by atoms with Crippen molar-refractivity contribution in [3.05, 3.63) is 24.0 Å². The van der Waals surface area contributed by atoms with Gasteiger partial charge in [-0.25, -0.2) is 12.8 Å². The molecule has 0 aliphatic carbocycles. The third kappa shape index (κ3) is 2.72. The van der Waals surface area contributed by atoms with Gasteiger partial charge in [-0.15, -0.1) is 0 Å². The van der Waals surface area contributed by atoms with Crippen LogP contribution in [0.5, 0.6) is 0 Å². The number of likely N-dealkylation sites (N-methyl/N-ethyl adjacent to an activating group) is 1. The summed E-state index contributed by atoms with van der Waals surface area (Å²) < 4.78 is 39.5. The quantitative estimate of drug-likeness (QED) is 0.815. The van der Waals surface area contributed by atoms with Gasteiger partial charge in [0.2, 0.25) is 10.0 Å². The van der Waals surface area contributed by atoms with E-state index in [-0.39, 0.29) is 16.6 Å². The summed E-state index contributed by atoms with van der Waals surface area (Å²) in [4.78, 5) is 2.05. The summed E-state index contributed by atoms with van der Waals surface area (Å²) in [5.41, 5.74) is 5.58. The first-order valence-corrected chi connectivity index (χ1v) is 7.52. The van der Waals surface area contributed by atoms with Crippen molar-refractivity contribution in [2.24, 2.45) is 0 Å². The van der Waals surface area contributed by atoms with E-state index in [4.69, 9.17) is 5.73 Å². The van der Waals surface area contributed by atoms with E-state index in [1.165, 1.54) is 10.4 Å². The van der Waals surface area contributed by atoms with Crippen LogP contribution < -0.4 is 5.73 Å². The molecule has 0 aromatic heterocycles. The number of rotatable bonds is 2. The molecule has 7 heteroatoms. The Morgan fingerprint density at radius 3 is 2.63 bits per heavy atom. The van der Waals surface area contributed by atoms with Gasteiger partial charge in [-0.2, -0.15) is 4.31 Å². The Bertz CT molecular complexity index is 576. The van der Waals surface area contributed by atoms with Gasteiger partial charge < -0.3 is 10.6 Å². The van der Waals surface area contributed by atoms with E-state index in [1.807, 2.05) is 14.0 Å². The van der Waals surface area contributed by atoms with E-state index in [9.17, 15) is 12.8 Å². The van der Waals surface area contributed by atoms with Gasteiger partial charge in [0.25, 0.3) is 0 Å². The molecule has 5 nitrogen and oxygen atoms in total. The normalized spacial score (nSPS) is 22.6. The molecule has 0 amide bonds. The predicted molar refractivity (Wildman–Crippen MR) is 71.7 cm³/mol. The Labute approximate surface area is 112 Å². The van der Waals surface area contributed by atoms with Gasteiger partial charge in [-0.05, 0) is 32.2 Å². The lowest BCUT2D eigenvalue weighted by Crippen LogP contribution is -2.52. The summed E-state index contributed by atoms with van der Waals surface area (Å²) in [5, 5.41) is 0. The number of nitrogens with two attached hydrogens (primary N) is 1. The fourth-order valence-electron chi connectivity index (χ4n) is 2.36. The van der Waals surface area contributed by atoms with Gasteiger partial charge in [0.1, 0.15) is 10.7 Å². The van der Waals surface area contributed by atoms with Gasteiger partial charge in [0, 0.05) is 25.7 Å². The Kier molecular flexibility index (Phi) is 3.80. The van der Waals surface area contributed by atoms with Crippen LogP contribution in [0.2, 0.25) is 0 Å². The summed E-state index contributed by atoms with van der Waals surface area (Å²) in [7, 11) is -1.72. The summed E-state index contributed by atoms with van der Waals surface area (Å²) in [6.07, 6.45) is 0. The maximum atomic E-state index is 13.0. The molecule has 1 unspecified atom stereocenters. The van der Waals surface area contributed by atoms with Crippen molar-refractivity contribution in [3.8, 4) is 0 Å². The van der Waals surface area contributed by atoms with Gasteiger partial charge in [-0.1, -0.05) is 0 Å². The lowest BCUT2D eigenvalue weighted by atomic mass is 10.2. The van der Waals surface area contributed by atoms with Crippen molar-refractivity contribution in [1.29, 1.82) is 0 Å². The number of hydrogen-bond acceptors (Lipinski definition) is 4. The number of benzene rings is 1. The third-order valence-electron chi connectivity index (χ3n) is 3.33. The molecule has 2 N–H and O–H groups in total. The summed E-state index contributed by atoms with van der Waals surface area (Å²) in [5.74, 6) is -0.539. The second-order valence-electron chi connectivity index (χ2n) is 4.91. The first-order valence-electron chi connectivity index (χ1n) is 6.08. The van der Waals surface area contributed by atoms with E-state index in [2.05, 4.69) is 4.90 Å². The van der Waals surface area contributed by atoms with Gasteiger partial charge in [-0.3, -0.25) is 0 Å². The molecule has 1 aromatic rings. The molecule has 0 spiro atoms. The number of nitrogens with zero attached hydrogens (tertiary/aromatic N) is 2. The van der Waals surface area contributed by atoms with Crippen molar-refractivity contribution in [3.63, 3.8) is 0 Å².